The summed E-state index contributed by atoms with van der Waals surface area (Å²) in [6.07, 6.45) is 0. The zero-order valence-corrected chi connectivity index (χ0v) is 13.1. The van der Waals surface area contributed by atoms with Crippen LogP contribution >= 0.6 is 11.6 Å². The molecule has 1 heterocycles. The molecule has 1 aliphatic rings. The van der Waals surface area contributed by atoms with Crippen LogP contribution in [0.5, 0.6) is 11.5 Å². The Kier molecular flexibility index (Phi) is 4.71. The molecule has 0 unspecified atom stereocenters. The summed E-state index contributed by atoms with van der Waals surface area (Å²) in [6.45, 7) is 0.575. The molecule has 2 aromatic carbocycles. The van der Waals surface area contributed by atoms with Gasteiger partial charge < -0.3 is 20.1 Å². The van der Waals surface area contributed by atoms with Gasteiger partial charge in [0, 0.05) is 12.1 Å². The zero-order chi connectivity index (χ0) is 17.1. The van der Waals surface area contributed by atoms with Gasteiger partial charge >= 0.3 is 0 Å². The normalized spacial score (nSPS) is 12.6. The van der Waals surface area contributed by atoms with E-state index >= 15 is 0 Å². The summed E-state index contributed by atoms with van der Waals surface area (Å²) in [5.74, 6) is -0.748. The van der Waals surface area contributed by atoms with E-state index in [1.807, 2.05) is 0 Å². The molecule has 0 radical (unpaired) electrons. The van der Waals surface area contributed by atoms with E-state index in [0.29, 0.717) is 30.4 Å². The maximum atomic E-state index is 13.5. The number of amides is 1. The van der Waals surface area contributed by atoms with Crippen molar-refractivity contribution in [2.45, 2.75) is 0 Å². The van der Waals surface area contributed by atoms with Crippen molar-refractivity contribution < 1.29 is 23.0 Å². The summed E-state index contributed by atoms with van der Waals surface area (Å²) in [5.41, 5.74) is 0.242. The minimum atomic E-state index is -0.651. The quantitative estimate of drug-likeness (QED) is 0.883. The Hall–Kier alpha value is -2.54. The molecule has 1 amide bonds. The van der Waals surface area contributed by atoms with Crippen molar-refractivity contribution in [3.63, 3.8) is 0 Å². The molecule has 24 heavy (non-hydrogen) atoms. The molecule has 0 spiro atoms. The van der Waals surface area contributed by atoms with Gasteiger partial charge in [0.05, 0.1) is 22.9 Å². The molecule has 0 bridgehead atoms. The number of carbonyl (C=O) groups excluding carboxylic acids is 1. The van der Waals surface area contributed by atoms with E-state index in [1.165, 1.54) is 0 Å². The second kappa shape index (κ2) is 6.92. The van der Waals surface area contributed by atoms with Crippen molar-refractivity contribution in [3.8, 4) is 11.5 Å². The molecule has 0 saturated carbocycles. The Morgan fingerprint density at radius 1 is 1.08 bits per heavy atom. The van der Waals surface area contributed by atoms with E-state index in [2.05, 4.69) is 10.6 Å². The number of nitrogens with one attached hydrogen (secondary N) is 2. The van der Waals surface area contributed by atoms with Crippen molar-refractivity contribution in [2.24, 2.45) is 0 Å². The van der Waals surface area contributed by atoms with Crippen LogP contribution in [0.1, 0.15) is 0 Å². The van der Waals surface area contributed by atoms with Crippen LogP contribution in [0.15, 0.2) is 30.3 Å². The van der Waals surface area contributed by atoms with Crippen LogP contribution in [0.4, 0.5) is 20.2 Å². The number of halogens is 3. The van der Waals surface area contributed by atoms with Crippen LogP contribution < -0.4 is 20.1 Å². The maximum Gasteiger partial charge on any atom is 0.243 e. The number of ether oxygens (including phenoxy) is 2. The van der Waals surface area contributed by atoms with Crippen LogP contribution in [0.25, 0.3) is 0 Å². The third-order valence-electron chi connectivity index (χ3n) is 3.27. The lowest BCUT2D eigenvalue weighted by Crippen LogP contribution is -2.23. The minimum absolute atomic E-state index is 0.0987. The zero-order valence-electron chi connectivity index (χ0n) is 12.4. The van der Waals surface area contributed by atoms with Gasteiger partial charge in [-0.15, -0.1) is 0 Å². The van der Waals surface area contributed by atoms with Crippen molar-refractivity contribution in [1.82, 2.24) is 0 Å². The van der Waals surface area contributed by atoms with E-state index in [1.54, 1.807) is 12.1 Å². The molecular weight excluding hydrogens is 342 g/mol. The lowest BCUT2D eigenvalue weighted by Gasteiger charge is -2.20. The van der Waals surface area contributed by atoms with E-state index in [0.717, 1.165) is 18.2 Å². The highest BCUT2D eigenvalue weighted by Gasteiger charge is 2.16. The smallest absolute Gasteiger partial charge is 0.243 e. The number of hydrogen-bond acceptors (Lipinski definition) is 4. The van der Waals surface area contributed by atoms with Crippen LogP contribution in [0.2, 0.25) is 5.02 Å². The Balaban J connectivity index is 1.65. The van der Waals surface area contributed by atoms with Gasteiger partial charge in [0.15, 0.2) is 11.5 Å². The predicted molar refractivity (Wildman–Crippen MR) is 85.9 cm³/mol. The predicted octanol–water partition coefficient (Wildman–Crippen LogP) is 3.44. The minimum Gasteiger partial charge on any atom is -0.486 e. The second-order valence-electron chi connectivity index (χ2n) is 5.00. The van der Waals surface area contributed by atoms with E-state index < -0.39 is 17.5 Å². The van der Waals surface area contributed by atoms with Crippen LogP contribution in [-0.4, -0.2) is 25.7 Å². The molecule has 8 heteroatoms. The lowest BCUT2D eigenvalue weighted by atomic mass is 10.2. The fraction of sp³-hybridized carbons (Fsp3) is 0.188. The molecule has 0 aliphatic carbocycles. The molecule has 0 atom stereocenters. The molecule has 1 aliphatic heterocycles. The van der Waals surface area contributed by atoms with Gasteiger partial charge in [-0.1, -0.05) is 11.6 Å². The summed E-state index contributed by atoms with van der Waals surface area (Å²) in [5, 5.41) is 5.39. The van der Waals surface area contributed by atoms with E-state index in [9.17, 15) is 13.6 Å². The average molecular weight is 355 g/mol. The van der Waals surface area contributed by atoms with Gasteiger partial charge in [0.2, 0.25) is 5.91 Å². The third kappa shape index (κ3) is 3.68. The van der Waals surface area contributed by atoms with E-state index in [-0.39, 0.29) is 17.3 Å². The second-order valence-corrected chi connectivity index (χ2v) is 5.41. The molecule has 0 saturated heterocycles. The third-order valence-corrected chi connectivity index (χ3v) is 3.59. The molecule has 0 aromatic heterocycles. The molecule has 126 valence electrons. The number of hydrogen-bond donors (Lipinski definition) is 2. The van der Waals surface area contributed by atoms with Crippen molar-refractivity contribution in [3.05, 3.63) is 47.0 Å². The molecule has 2 aromatic rings. The molecule has 3 rings (SSSR count). The van der Waals surface area contributed by atoms with Crippen LogP contribution in [0.3, 0.4) is 0 Å². The standard InChI is InChI=1S/C16H13ClF2N2O3/c17-10-6-14-15(24-4-3-23-14)7-12(10)21-16(22)8-20-13-5-9(18)1-2-11(13)19/h1-2,5-7,20H,3-4,8H2,(H,21,22). The average Bonchev–Trinajstić information content (AvgIpc) is 2.56. The lowest BCUT2D eigenvalue weighted by molar-refractivity contribution is -0.114. The summed E-state index contributed by atoms with van der Waals surface area (Å²) >= 11 is 6.09. The fourth-order valence-electron chi connectivity index (χ4n) is 2.16. The Morgan fingerprint density at radius 3 is 2.54 bits per heavy atom. The fourth-order valence-corrected chi connectivity index (χ4v) is 2.36. The summed E-state index contributed by atoms with van der Waals surface area (Å²) < 4.78 is 37.4. The first-order valence-corrected chi connectivity index (χ1v) is 7.48. The summed E-state index contributed by atoms with van der Waals surface area (Å²) in [7, 11) is 0. The number of benzene rings is 2. The van der Waals surface area contributed by atoms with Crippen molar-refractivity contribution >= 4 is 28.9 Å². The number of carbonyl (C=O) groups is 1. The van der Waals surface area contributed by atoms with Crippen LogP contribution in [0, 0.1) is 11.6 Å². The molecular formula is C16H13ClF2N2O3. The van der Waals surface area contributed by atoms with E-state index in [4.69, 9.17) is 21.1 Å². The highest BCUT2D eigenvalue weighted by Crippen LogP contribution is 2.37. The van der Waals surface area contributed by atoms with Gasteiger partial charge in [-0.2, -0.15) is 0 Å². The van der Waals surface area contributed by atoms with Gasteiger partial charge in [-0.3, -0.25) is 4.79 Å². The van der Waals surface area contributed by atoms with Gasteiger partial charge in [-0.05, 0) is 18.2 Å². The van der Waals surface area contributed by atoms with Gasteiger partial charge in [0.1, 0.15) is 24.8 Å². The Bertz CT molecular complexity index is 786. The topological polar surface area (TPSA) is 59.6 Å². The summed E-state index contributed by atoms with van der Waals surface area (Å²) in [4.78, 5) is 12.0. The van der Waals surface area contributed by atoms with Gasteiger partial charge in [-0.25, -0.2) is 8.78 Å². The number of anilines is 2. The molecule has 0 fully saturated rings. The molecule has 2 N–H and O–H groups in total. The highest BCUT2D eigenvalue weighted by atomic mass is 35.5. The SMILES string of the molecule is O=C(CNc1cc(F)ccc1F)Nc1cc2c(cc1Cl)OCCO2. The van der Waals surface area contributed by atoms with Gasteiger partial charge in [0.25, 0.3) is 0 Å². The first kappa shape index (κ1) is 16.3. The monoisotopic (exact) mass is 354 g/mol. The summed E-state index contributed by atoms with van der Waals surface area (Å²) in [6, 6.07) is 6.05. The van der Waals surface area contributed by atoms with Crippen LogP contribution in [-0.2, 0) is 4.79 Å². The highest BCUT2D eigenvalue weighted by molar-refractivity contribution is 6.34. The first-order valence-electron chi connectivity index (χ1n) is 7.11. The maximum absolute atomic E-state index is 13.5. The largest absolute Gasteiger partial charge is 0.486 e. The Labute approximate surface area is 141 Å². The molecule has 5 nitrogen and oxygen atoms in total. The first-order chi connectivity index (χ1) is 11.5. The Morgan fingerprint density at radius 2 is 1.79 bits per heavy atom. The number of fused-ring (bicyclic) bond motifs is 1. The van der Waals surface area contributed by atoms with Crippen molar-refractivity contribution in [1.29, 1.82) is 0 Å². The van der Waals surface area contributed by atoms with Crippen molar-refractivity contribution in [2.75, 3.05) is 30.4 Å². The number of rotatable bonds is 4.